The number of alkyl halides is 3. The summed E-state index contributed by atoms with van der Waals surface area (Å²) in [4.78, 5) is 0. The average molecular weight is 582 g/mol. The van der Waals surface area contributed by atoms with Crippen LogP contribution in [-0.4, -0.2) is 18.5 Å². The number of hydrogen-bond donors (Lipinski definition) is 0. The first-order valence-corrected chi connectivity index (χ1v) is 13.2. The van der Waals surface area contributed by atoms with Gasteiger partial charge in [0, 0.05) is 0 Å². The lowest BCUT2D eigenvalue weighted by Crippen LogP contribution is -3.61. The molecule has 4 aromatic carbocycles. The van der Waals surface area contributed by atoms with Gasteiger partial charge in [0.2, 0.25) is 0 Å². The third-order valence-corrected chi connectivity index (χ3v) is 7.66. The normalized spacial score (nSPS) is 11.4. The van der Waals surface area contributed by atoms with E-state index in [0.29, 0.717) is 0 Å². The molecule has 0 unspecified atom stereocenters. The van der Waals surface area contributed by atoms with Crippen LogP contribution in [0.4, 0.5) is 13.2 Å². The van der Waals surface area contributed by atoms with Crippen LogP contribution >= 0.6 is 0 Å². The third-order valence-electron chi connectivity index (χ3n) is 4.40. The Labute approximate surface area is 200 Å². The second-order valence-electron chi connectivity index (χ2n) is 6.74. The molecule has 0 aromatic heterocycles. The second kappa shape index (κ2) is 11.0. The van der Waals surface area contributed by atoms with Gasteiger partial charge in [0.25, 0.3) is 0 Å². The van der Waals surface area contributed by atoms with Crippen molar-refractivity contribution in [2.45, 2.75) is 5.51 Å². The highest BCUT2D eigenvalue weighted by Crippen LogP contribution is 2.20. The minimum Gasteiger partial charge on any atom is -0.741 e. The van der Waals surface area contributed by atoms with Crippen LogP contribution in [0.25, 0.3) is 22.3 Å². The molecule has 0 saturated carbocycles. The quantitative estimate of drug-likeness (QED) is 0.211. The van der Waals surface area contributed by atoms with E-state index in [9.17, 15) is 13.2 Å². The Kier molecular flexibility index (Phi) is 8.28. The molecule has 33 heavy (non-hydrogen) atoms. The van der Waals surface area contributed by atoms with Crippen molar-refractivity contribution in [3.8, 4) is 22.3 Å². The van der Waals surface area contributed by atoms with Crippen LogP contribution in [0.15, 0.2) is 109 Å². The van der Waals surface area contributed by atoms with Crippen molar-refractivity contribution in [3.63, 3.8) is 0 Å². The molecule has 0 spiro atoms. The van der Waals surface area contributed by atoms with Gasteiger partial charge in [-0.05, 0) is 70.8 Å². The fourth-order valence-electron chi connectivity index (χ4n) is 2.80. The van der Waals surface area contributed by atoms with Crippen molar-refractivity contribution in [3.05, 3.63) is 116 Å². The largest absolute Gasteiger partial charge is 0.741 e. The lowest BCUT2D eigenvalue weighted by Gasteiger charge is -2.08. The Hall–Kier alpha value is -2.69. The lowest BCUT2D eigenvalue weighted by atomic mass is 10.1. The molecular formula is C25H18F3IO3S. The van der Waals surface area contributed by atoms with E-state index in [4.69, 9.17) is 13.0 Å². The first kappa shape index (κ1) is 24.9. The van der Waals surface area contributed by atoms with Gasteiger partial charge in [-0.3, -0.25) is 0 Å². The van der Waals surface area contributed by atoms with Crippen molar-refractivity contribution >= 4 is 10.1 Å². The Bertz CT molecular complexity index is 1180. The van der Waals surface area contributed by atoms with Crippen molar-refractivity contribution in [2.75, 3.05) is 0 Å². The molecule has 0 heterocycles. The van der Waals surface area contributed by atoms with Gasteiger partial charge in [-0.1, -0.05) is 60.7 Å². The number of hydrogen-bond acceptors (Lipinski definition) is 3. The highest BCUT2D eigenvalue weighted by Gasteiger charge is 2.36. The summed E-state index contributed by atoms with van der Waals surface area (Å²) in [5.74, 6) is 0. The molecule has 4 rings (SSSR count). The first-order valence-electron chi connectivity index (χ1n) is 9.61. The smallest absolute Gasteiger partial charge is 0.485 e. The molecule has 0 radical (unpaired) electrons. The molecular weight excluding hydrogens is 564 g/mol. The zero-order chi connectivity index (χ0) is 23.9. The van der Waals surface area contributed by atoms with Crippen LogP contribution < -0.4 is 21.2 Å². The van der Waals surface area contributed by atoms with E-state index >= 15 is 0 Å². The maximum Gasteiger partial charge on any atom is 0.485 e. The topological polar surface area (TPSA) is 57.2 Å². The molecule has 8 heteroatoms. The van der Waals surface area contributed by atoms with E-state index in [0.717, 1.165) is 0 Å². The Morgan fingerprint density at radius 1 is 0.545 bits per heavy atom. The zero-order valence-corrected chi connectivity index (χ0v) is 20.0. The molecule has 0 saturated heterocycles. The molecule has 0 N–H and O–H groups in total. The van der Waals surface area contributed by atoms with Crippen LogP contribution in [-0.2, 0) is 10.1 Å². The molecule has 170 valence electrons. The summed E-state index contributed by atoms with van der Waals surface area (Å²) >= 11 is -0.137. The van der Waals surface area contributed by atoms with Gasteiger partial charge >= 0.3 is 26.7 Å². The summed E-state index contributed by atoms with van der Waals surface area (Å²) in [6, 6.07) is 39.2. The number of halogens is 4. The molecule has 0 aliphatic rings. The molecule has 4 aromatic rings. The number of benzene rings is 4. The van der Waals surface area contributed by atoms with Crippen molar-refractivity contribution in [2.24, 2.45) is 0 Å². The average Bonchev–Trinajstić information content (AvgIpc) is 2.80. The molecule has 0 amide bonds. The van der Waals surface area contributed by atoms with E-state index in [1.807, 2.05) is 0 Å². The zero-order valence-electron chi connectivity index (χ0n) is 17.0. The predicted molar refractivity (Wildman–Crippen MR) is 117 cm³/mol. The van der Waals surface area contributed by atoms with E-state index in [2.05, 4.69) is 109 Å². The maximum atomic E-state index is 10.7. The van der Waals surface area contributed by atoms with Crippen LogP contribution in [0.1, 0.15) is 0 Å². The minimum atomic E-state index is -6.09. The van der Waals surface area contributed by atoms with E-state index in [1.54, 1.807) is 0 Å². The van der Waals surface area contributed by atoms with Gasteiger partial charge in [0.05, 0.1) is 0 Å². The predicted octanol–water partition coefficient (Wildman–Crippen LogP) is 3.20. The summed E-state index contributed by atoms with van der Waals surface area (Å²) in [6.07, 6.45) is 0. The minimum absolute atomic E-state index is 0.137. The summed E-state index contributed by atoms with van der Waals surface area (Å²) in [7, 11) is -6.09. The van der Waals surface area contributed by atoms with Crippen LogP contribution in [0.3, 0.4) is 0 Å². The van der Waals surface area contributed by atoms with E-state index in [1.165, 1.54) is 29.4 Å². The fraction of sp³-hybridized carbons (Fsp3) is 0.0400. The Balaban J connectivity index is 0.000000331. The monoisotopic (exact) mass is 582 g/mol. The lowest BCUT2D eigenvalue weighted by molar-refractivity contribution is -0.597. The van der Waals surface area contributed by atoms with Crippen molar-refractivity contribution in [1.29, 1.82) is 0 Å². The van der Waals surface area contributed by atoms with Crippen LogP contribution in [0, 0.1) is 7.14 Å². The summed E-state index contributed by atoms with van der Waals surface area (Å²) in [5.41, 5.74) is -0.521. The summed E-state index contributed by atoms with van der Waals surface area (Å²) in [6.45, 7) is 0. The first-order chi connectivity index (χ1) is 15.6. The van der Waals surface area contributed by atoms with Gasteiger partial charge in [0.15, 0.2) is 17.3 Å². The van der Waals surface area contributed by atoms with Crippen LogP contribution in [0.2, 0.25) is 0 Å². The molecule has 3 nitrogen and oxygen atoms in total. The molecule has 0 bridgehead atoms. The van der Waals surface area contributed by atoms with Crippen molar-refractivity contribution < 1.29 is 47.3 Å². The third kappa shape index (κ3) is 7.41. The summed E-state index contributed by atoms with van der Waals surface area (Å²) < 4.78 is 61.8. The van der Waals surface area contributed by atoms with Gasteiger partial charge in [0.1, 0.15) is 0 Å². The van der Waals surface area contributed by atoms with Crippen LogP contribution in [0.5, 0.6) is 0 Å². The second-order valence-corrected chi connectivity index (χ2v) is 11.1. The van der Waals surface area contributed by atoms with Crippen molar-refractivity contribution in [1.82, 2.24) is 0 Å². The van der Waals surface area contributed by atoms with E-state index in [-0.39, 0.29) is 21.2 Å². The standard InChI is InChI=1S/C24H18I.CHF3O3S/c1-3-7-19(8-4-1)21-11-15-23(16-12-21)25-24-17-13-22(14-18-24)20-9-5-2-6-10-20;2-1(3,4)8(5,6)7/h1-18H;(H,5,6,7)/q+1;/p-1. The SMILES string of the molecule is O=S(=O)([O-])C(F)(F)F.c1ccc(-c2ccc([I+]c3ccc(-c4ccccc4)cc3)cc2)cc1. The number of rotatable bonds is 4. The molecule has 0 fully saturated rings. The molecule has 0 aliphatic carbocycles. The van der Waals surface area contributed by atoms with Gasteiger partial charge in [-0.25, -0.2) is 8.42 Å². The highest BCUT2D eigenvalue weighted by molar-refractivity contribution is 7.86. The highest BCUT2D eigenvalue weighted by atomic mass is 127. The fourth-order valence-corrected chi connectivity index (χ4v) is 4.96. The maximum absolute atomic E-state index is 10.7. The van der Waals surface area contributed by atoms with Gasteiger partial charge < -0.3 is 4.55 Å². The Morgan fingerprint density at radius 2 is 0.818 bits per heavy atom. The Morgan fingerprint density at radius 3 is 1.09 bits per heavy atom. The molecule has 0 aliphatic heterocycles. The van der Waals surface area contributed by atoms with Gasteiger partial charge in [-0.15, -0.1) is 0 Å². The molecule has 0 atom stereocenters. The van der Waals surface area contributed by atoms with Gasteiger partial charge in [-0.2, -0.15) is 13.2 Å². The summed E-state index contributed by atoms with van der Waals surface area (Å²) in [5, 5.41) is 0. The van der Waals surface area contributed by atoms with E-state index < -0.39 is 15.6 Å².